The average molecular weight is 263 g/mol. The Kier molecular flexibility index (Phi) is 4.92. The monoisotopic (exact) mass is 263 g/mol. The Labute approximate surface area is 116 Å². The maximum absolute atomic E-state index is 12.3. The van der Waals surface area contributed by atoms with E-state index in [-0.39, 0.29) is 17.4 Å². The molecule has 19 heavy (non-hydrogen) atoms. The number of nitrogens with zero attached hydrogens (tertiary/aromatic N) is 1. The number of carbonyl (C=O) groups excluding carboxylic acids is 1. The van der Waals surface area contributed by atoms with Crippen LogP contribution in [0.3, 0.4) is 0 Å². The van der Waals surface area contributed by atoms with Crippen molar-refractivity contribution >= 4 is 11.7 Å². The van der Waals surface area contributed by atoms with Crippen LogP contribution in [-0.2, 0) is 6.42 Å². The van der Waals surface area contributed by atoms with E-state index < -0.39 is 0 Å². The van der Waals surface area contributed by atoms with Crippen LogP contribution in [0.1, 0.15) is 50.7 Å². The fourth-order valence-electron chi connectivity index (χ4n) is 1.52. The summed E-state index contributed by atoms with van der Waals surface area (Å²) in [5.41, 5.74) is 1.62. The van der Waals surface area contributed by atoms with Crippen LogP contribution in [0.15, 0.2) is 12.1 Å². The summed E-state index contributed by atoms with van der Waals surface area (Å²) in [5, 5.41) is 6.03. The first-order chi connectivity index (χ1) is 8.77. The summed E-state index contributed by atoms with van der Waals surface area (Å²) >= 11 is 0. The van der Waals surface area contributed by atoms with Gasteiger partial charge in [-0.3, -0.25) is 4.79 Å². The molecule has 4 nitrogen and oxygen atoms in total. The minimum Gasteiger partial charge on any atom is -0.373 e. The van der Waals surface area contributed by atoms with Gasteiger partial charge in [0.1, 0.15) is 5.82 Å². The Morgan fingerprint density at radius 2 is 2.00 bits per heavy atom. The number of carbonyl (C=O) groups is 1. The fraction of sp³-hybridized carbons (Fsp3) is 0.600. The molecule has 0 aromatic carbocycles. The first-order valence-electron chi connectivity index (χ1n) is 6.77. The van der Waals surface area contributed by atoms with Gasteiger partial charge in [0, 0.05) is 24.3 Å². The minimum atomic E-state index is -0.0453. The van der Waals surface area contributed by atoms with Gasteiger partial charge in [0.05, 0.1) is 0 Å². The van der Waals surface area contributed by atoms with Gasteiger partial charge in [0.2, 0.25) is 0 Å². The maximum atomic E-state index is 12.3. The van der Waals surface area contributed by atoms with E-state index in [2.05, 4.69) is 36.4 Å². The minimum absolute atomic E-state index is 0.0438. The van der Waals surface area contributed by atoms with Crippen molar-refractivity contribution < 1.29 is 4.79 Å². The van der Waals surface area contributed by atoms with Crippen molar-refractivity contribution in [1.82, 2.24) is 10.3 Å². The second kappa shape index (κ2) is 6.04. The molecule has 1 unspecified atom stereocenters. The van der Waals surface area contributed by atoms with Crippen LogP contribution < -0.4 is 10.6 Å². The molecule has 0 aliphatic heterocycles. The van der Waals surface area contributed by atoms with E-state index in [1.165, 1.54) is 0 Å². The highest BCUT2D eigenvalue weighted by Crippen LogP contribution is 2.19. The van der Waals surface area contributed by atoms with Crippen molar-refractivity contribution in [2.45, 2.75) is 47.1 Å². The van der Waals surface area contributed by atoms with Gasteiger partial charge in [-0.1, -0.05) is 27.7 Å². The topological polar surface area (TPSA) is 54.0 Å². The number of amides is 1. The lowest BCUT2D eigenvalue weighted by Gasteiger charge is -2.28. The summed E-state index contributed by atoms with van der Waals surface area (Å²) in [6, 6.07) is 3.74. The lowest BCUT2D eigenvalue weighted by atomic mass is 9.88. The van der Waals surface area contributed by atoms with Gasteiger partial charge in [-0.25, -0.2) is 4.98 Å². The van der Waals surface area contributed by atoms with Crippen molar-refractivity contribution in [2.75, 3.05) is 12.4 Å². The smallest absolute Gasteiger partial charge is 0.251 e. The highest BCUT2D eigenvalue weighted by atomic mass is 16.1. The number of nitrogens with one attached hydrogen (secondary N) is 2. The van der Waals surface area contributed by atoms with Crippen molar-refractivity contribution in [2.24, 2.45) is 5.41 Å². The van der Waals surface area contributed by atoms with E-state index in [9.17, 15) is 4.79 Å². The molecule has 0 aliphatic carbocycles. The fourth-order valence-corrected chi connectivity index (χ4v) is 1.52. The Morgan fingerprint density at radius 3 is 2.47 bits per heavy atom. The largest absolute Gasteiger partial charge is 0.373 e. The molecule has 0 saturated heterocycles. The van der Waals surface area contributed by atoms with Gasteiger partial charge in [-0.15, -0.1) is 0 Å². The predicted octanol–water partition coefficient (Wildman–Crippen LogP) is 2.85. The summed E-state index contributed by atoms with van der Waals surface area (Å²) in [7, 11) is 1.81. The molecule has 0 saturated carbocycles. The molecule has 0 radical (unpaired) electrons. The number of aryl methyl sites for hydroxylation is 1. The molecule has 1 amide bonds. The maximum Gasteiger partial charge on any atom is 0.251 e. The van der Waals surface area contributed by atoms with Gasteiger partial charge >= 0.3 is 0 Å². The third-order valence-electron chi connectivity index (χ3n) is 3.41. The van der Waals surface area contributed by atoms with E-state index in [1.54, 1.807) is 13.1 Å². The van der Waals surface area contributed by atoms with Crippen molar-refractivity contribution in [3.05, 3.63) is 23.4 Å². The SMILES string of the molecule is CCc1cc(C(=O)NC(C)C(C)(C)C)cc(NC)n1. The first-order valence-corrected chi connectivity index (χ1v) is 6.77. The van der Waals surface area contributed by atoms with E-state index in [0.29, 0.717) is 5.56 Å². The average Bonchev–Trinajstić information content (AvgIpc) is 2.36. The predicted molar refractivity (Wildman–Crippen MR) is 79.5 cm³/mol. The van der Waals surface area contributed by atoms with Crippen molar-refractivity contribution in [3.63, 3.8) is 0 Å². The van der Waals surface area contributed by atoms with E-state index >= 15 is 0 Å². The number of hydrogen-bond donors (Lipinski definition) is 2. The van der Waals surface area contributed by atoms with E-state index in [0.717, 1.165) is 17.9 Å². The van der Waals surface area contributed by atoms with Crippen LogP contribution in [0.25, 0.3) is 0 Å². The van der Waals surface area contributed by atoms with Gasteiger partial charge in [-0.2, -0.15) is 0 Å². The molecule has 0 spiro atoms. The highest BCUT2D eigenvalue weighted by Gasteiger charge is 2.22. The van der Waals surface area contributed by atoms with Crippen LogP contribution in [-0.4, -0.2) is 24.0 Å². The standard InChI is InChI=1S/C15H25N3O/c1-7-12-8-11(9-13(16-6)18-12)14(19)17-10(2)15(3,4)5/h8-10H,7H2,1-6H3,(H,16,18)(H,17,19). The number of anilines is 1. The van der Waals surface area contributed by atoms with Gasteiger partial charge in [0.25, 0.3) is 5.91 Å². The van der Waals surface area contributed by atoms with Crippen LogP contribution in [0.2, 0.25) is 0 Å². The Bertz CT molecular complexity index is 427. The second-order valence-corrected chi connectivity index (χ2v) is 5.90. The van der Waals surface area contributed by atoms with E-state index in [4.69, 9.17) is 0 Å². The zero-order valence-electron chi connectivity index (χ0n) is 12.8. The lowest BCUT2D eigenvalue weighted by Crippen LogP contribution is -2.41. The Balaban J connectivity index is 2.93. The molecule has 0 fully saturated rings. The number of pyridine rings is 1. The third kappa shape index (κ3) is 4.23. The number of aromatic nitrogens is 1. The summed E-state index contributed by atoms with van der Waals surface area (Å²) < 4.78 is 0. The van der Waals surface area contributed by atoms with Crippen molar-refractivity contribution in [1.29, 1.82) is 0 Å². The van der Waals surface area contributed by atoms with Crippen molar-refractivity contribution in [3.8, 4) is 0 Å². The zero-order chi connectivity index (χ0) is 14.6. The molecule has 1 aromatic rings. The second-order valence-electron chi connectivity index (χ2n) is 5.90. The van der Waals surface area contributed by atoms with Gasteiger partial charge < -0.3 is 10.6 Å². The van der Waals surface area contributed by atoms with Crippen LogP contribution in [0.4, 0.5) is 5.82 Å². The summed E-state index contributed by atoms with van der Waals surface area (Å²) in [5.74, 6) is 0.684. The molecule has 106 valence electrons. The molecule has 0 aliphatic rings. The third-order valence-corrected chi connectivity index (χ3v) is 3.41. The normalized spacial score (nSPS) is 12.9. The number of rotatable bonds is 4. The zero-order valence-corrected chi connectivity index (χ0v) is 12.8. The van der Waals surface area contributed by atoms with Crippen LogP contribution >= 0.6 is 0 Å². The molecule has 1 heterocycles. The summed E-state index contributed by atoms with van der Waals surface area (Å²) in [4.78, 5) is 16.7. The molecular weight excluding hydrogens is 238 g/mol. The van der Waals surface area contributed by atoms with Crippen LogP contribution in [0, 0.1) is 5.41 Å². The quantitative estimate of drug-likeness (QED) is 0.878. The Morgan fingerprint density at radius 1 is 1.37 bits per heavy atom. The molecular formula is C15H25N3O. The lowest BCUT2D eigenvalue weighted by molar-refractivity contribution is 0.0910. The molecule has 4 heteroatoms. The summed E-state index contributed by atoms with van der Waals surface area (Å²) in [6.45, 7) is 10.4. The molecule has 2 N–H and O–H groups in total. The highest BCUT2D eigenvalue weighted by molar-refractivity contribution is 5.95. The number of hydrogen-bond acceptors (Lipinski definition) is 3. The first kappa shape index (κ1) is 15.5. The Hall–Kier alpha value is -1.58. The molecule has 1 rings (SSSR count). The molecule has 1 atom stereocenters. The molecule has 1 aromatic heterocycles. The van der Waals surface area contributed by atoms with E-state index in [1.807, 2.05) is 19.9 Å². The van der Waals surface area contributed by atoms with Gasteiger partial charge in [0.15, 0.2) is 0 Å². The van der Waals surface area contributed by atoms with Crippen LogP contribution in [0.5, 0.6) is 0 Å². The van der Waals surface area contributed by atoms with Gasteiger partial charge in [-0.05, 0) is 30.9 Å². The molecule has 0 bridgehead atoms. The summed E-state index contributed by atoms with van der Waals surface area (Å²) in [6.07, 6.45) is 0.810.